The van der Waals surface area contributed by atoms with Crippen molar-refractivity contribution in [2.24, 2.45) is 18.0 Å². The first-order chi connectivity index (χ1) is 10.5. The Balaban J connectivity index is 2.08. The summed E-state index contributed by atoms with van der Waals surface area (Å²) in [7, 11) is 1.99. The van der Waals surface area contributed by atoms with Crippen LogP contribution >= 0.6 is 11.8 Å². The maximum atomic E-state index is 4.77. The summed E-state index contributed by atoms with van der Waals surface area (Å²) in [6.07, 6.45) is 0. The number of aliphatic imine (C=N–C) groups is 1. The van der Waals surface area contributed by atoms with Gasteiger partial charge in [0.1, 0.15) is 12.4 Å². The average Bonchev–Trinajstić information content (AvgIpc) is 2.83. The van der Waals surface area contributed by atoms with Crippen LogP contribution in [0.3, 0.4) is 0 Å². The van der Waals surface area contributed by atoms with Crippen molar-refractivity contribution in [3.63, 3.8) is 0 Å². The van der Waals surface area contributed by atoms with Gasteiger partial charge in [-0.1, -0.05) is 13.8 Å². The highest BCUT2D eigenvalue weighted by molar-refractivity contribution is 8.00. The normalized spacial score (nSPS) is 19.8. The Kier molecular flexibility index (Phi) is 6.11. The second-order valence-electron chi connectivity index (χ2n) is 5.99. The Bertz CT molecular complexity index is 510. The van der Waals surface area contributed by atoms with E-state index in [9.17, 15) is 0 Å². The van der Waals surface area contributed by atoms with Gasteiger partial charge in [0, 0.05) is 37.7 Å². The maximum Gasteiger partial charge on any atom is 0.194 e. The highest BCUT2D eigenvalue weighted by Crippen LogP contribution is 2.24. The summed E-state index contributed by atoms with van der Waals surface area (Å²) >= 11 is 2.08. The van der Waals surface area contributed by atoms with Gasteiger partial charge < -0.3 is 14.8 Å². The fraction of sp³-hybridized carbons (Fsp3) is 0.800. The monoisotopic (exact) mass is 324 g/mol. The molecule has 0 saturated carbocycles. The SMILES string of the molecule is CCNC(=NCc1nnc(C)n1C)N1CCSC(C(C)C)C1. The highest BCUT2D eigenvalue weighted by Gasteiger charge is 2.24. The largest absolute Gasteiger partial charge is 0.357 e. The zero-order valence-corrected chi connectivity index (χ0v) is 15.2. The number of guanidine groups is 1. The van der Waals surface area contributed by atoms with Crippen LogP contribution in [0.2, 0.25) is 0 Å². The molecular formula is C15H28N6S. The Morgan fingerprint density at radius 1 is 1.45 bits per heavy atom. The van der Waals surface area contributed by atoms with Crippen molar-refractivity contribution in [2.75, 3.05) is 25.4 Å². The molecule has 22 heavy (non-hydrogen) atoms. The zero-order valence-electron chi connectivity index (χ0n) is 14.3. The van der Waals surface area contributed by atoms with E-state index in [1.54, 1.807) is 0 Å². The summed E-state index contributed by atoms with van der Waals surface area (Å²) < 4.78 is 2.00. The summed E-state index contributed by atoms with van der Waals surface area (Å²) in [5, 5.41) is 12.4. The number of nitrogens with zero attached hydrogens (tertiary/aromatic N) is 5. The van der Waals surface area contributed by atoms with Crippen molar-refractivity contribution in [1.82, 2.24) is 25.0 Å². The van der Waals surface area contributed by atoms with Gasteiger partial charge in [0.05, 0.1) is 0 Å². The minimum absolute atomic E-state index is 0.565. The molecule has 0 aromatic carbocycles. The van der Waals surface area contributed by atoms with Crippen LogP contribution in [0, 0.1) is 12.8 Å². The summed E-state index contributed by atoms with van der Waals surface area (Å²) in [4.78, 5) is 7.16. The number of thioether (sulfide) groups is 1. The third-order valence-electron chi connectivity index (χ3n) is 4.02. The molecule has 2 rings (SSSR count). The molecule has 1 saturated heterocycles. The lowest BCUT2D eigenvalue weighted by Crippen LogP contribution is -2.49. The van der Waals surface area contributed by atoms with E-state index >= 15 is 0 Å². The Hall–Kier alpha value is -1.24. The average molecular weight is 324 g/mol. The summed E-state index contributed by atoms with van der Waals surface area (Å²) in [5.41, 5.74) is 0. The van der Waals surface area contributed by atoms with Gasteiger partial charge in [0.25, 0.3) is 0 Å². The molecule has 1 aromatic heterocycles. The Labute approximate surface area is 137 Å². The smallest absolute Gasteiger partial charge is 0.194 e. The van der Waals surface area contributed by atoms with E-state index in [0.717, 1.165) is 43.0 Å². The summed E-state index contributed by atoms with van der Waals surface area (Å²) in [5.74, 6) is 4.67. The minimum Gasteiger partial charge on any atom is -0.357 e. The van der Waals surface area contributed by atoms with E-state index in [2.05, 4.69) is 52.9 Å². The van der Waals surface area contributed by atoms with Gasteiger partial charge in [-0.3, -0.25) is 0 Å². The molecule has 0 bridgehead atoms. The van der Waals surface area contributed by atoms with Crippen LogP contribution in [-0.4, -0.2) is 56.3 Å². The molecule has 1 aromatic rings. The molecule has 1 aliphatic rings. The number of hydrogen-bond donors (Lipinski definition) is 1. The molecule has 0 spiro atoms. The number of nitrogens with one attached hydrogen (secondary N) is 1. The number of aryl methyl sites for hydroxylation is 1. The molecule has 1 fully saturated rings. The van der Waals surface area contributed by atoms with Crippen LogP contribution in [0.15, 0.2) is 4.99 Å². The van der Waals surface area contributed by atoms with Gasteiger partial charge in [-0.05, 0) is 19.8 Å². The number of rotatable bonds is 4. The van der Waals surface area contributed by atoms with Crippen LogP contribution in [0.1, 0.15) is 32.4 Å². The lowest BCUT2D eigenvalue weighted by molar-refractivity contribution is 0.380. The molecule has 0 radical (unpaired) electrons. The van der Waals surface area contributed by atoms with Gasteiger partial charge >= 0.3 is 0 Å². The predicted octanol–water partition coefficient (Wildman–Crippen LogP) is 1.66. The first kappa shape index (κ1) is 17.1. The molecule has 0 aliphatic carbocycles. The lowest BCUT2D eigenvalue weighted by Gasteiger charge is -2.36. The Morgan fingerprint density at radius 3 is 2.82 bits per heavy atom. The van der Waals surface area contributed by atoms with Gasteiger partial charge in [-0.25, -0.2) is 4.99 Å². The molecule has 6 nitrogen and oxygen atoms in total. The van der Waals surface area contributed by atoms with E-state index in [-0.39, 0.29) is 0 Å². The standard InChI is InChI=1S/C15H28N6S/c1-6-16-15(17-9-14-19-18-12(4)20(14)5)21-7-8-22-13(10-21)11(2)3/h11,13H,6-10H2,1-5H3,(H,16,17). The van der Waals surface area contributed by atoms with E-state index in [1.165, 1.54) is 0 Å². The van der Waals surface area contributed by atoms with Gasteiger partial charge in [-0.2, -0.15) is 11.8 Å². The fourth-order valence-electron chi connectivity index (χ4n) is 2.43. The quantitative estimate of drug-likeness (QED) is 0.674. The fourth-order valence-corrected chi connectivity index (χ4v) is 3.73. The van der Waals surface area contributed by atoms with Crippen molar-refractivity contribution in [1.29, 1.82) is 0 Å². The molecule has 1 unspecified atom stereocenters. The molecule has 2 heterocycles. The van der Waals surface area contributed by atoms with Crippen molar-refractivity contribution < 1.29 is 0 Å². The zero-order chi connectivity index (χ0) is 16.1. The lowest BCUT2D eigenvalue weighted by atomic mass is 10.1. The van der Waals surface area contributed by atoms with Crippen molar-refractivity contribution in [2.45, 2.75) is 39.5 Å². The first-order valence-electron chi connectivity index (χ1n) is 8.02. The van der Waals surface area contributed by atoms with E-state index in [4.69, 9.17) is 4.99 Å². The molecule has 0 amide bonds. The second kappa shape index (κ2) is 7.85. The molecular weight excluding hydrogens is 296 g/mol. The van der Waals surface area contributed by atoms with Crippen LogP contribution < -0.4 is 5.32 Å². The Morgan fingerprint density at radius 2 is 2.23 bits per heavy atom. The van der Waals surface area contributed by atoms with Crippen LogP contribution in [0.5, 0.6) is 0 Å². The van der Waals surface area contributed by atoms with Gasteiger partial charge in [-0.15, -0.1) is 10.2 Å². The van der Waals surface area contributed by atoms with Crippen LogP contribution in [0.25, 0.3) is 0 Å². The third kappa shape index (κ3) is 4.15. The van der Waals surface area contributed by atoms with Crippen molar-refractivity contribution in [3.05, 3.63) is 11.6 Å². The van der Waals surface area contributed by atoms with Crippen molar-refractivity contribution in [3.8, 4) is 0 Å². The van der Waals surface area contributed by atoms with Crippen LogP contribution in [-0.2, 0) is 13.6 Å². The summed E-state index contributed by atoms with van der Waals surface area (Å²) in [6.45, 7) is 12.2. The summed E-state index contributed by atoms with van der Waals surface area (Å²) in [6, 6.07) is 0. The first-order valence-corrected chi connectivity index (χ1v) is 9.07. The van der Waals surface area contributed by atoms with E-state index in [1.807, 2.05) is 18.5 Å². The minimum atomic E-state index is 0.565. The molecule has 7 heteroatoms. The molecule has 1 N–H and O–H groups in total. The van der Waals surface area contributed by atoms with Gasteiger partial charge in [0.2, 0.25) is 0 Å². The maximum absolute atomic E-state index is 4.77. The van der Waals surface area contributed by atoms with Crippen molar-refractivity contribution >= 4 is 17.7 Å². The molecule has 1 atom stereocenters. The number of hydrogen-bond acceptors (Lipinski definition) is 4. The molecule has 124 valence electrons. The van der Waals surface area contributed by atoms with Crippen LogP contribution in [0.4, 0.5) is 0 Å². The van der Waals surface area contributed by atoms with E-state index < -0.39 is 0 Å². The predicted molar refractivity (Wildman–Crippen MR) is 93.2 cm³/mol. The second-order valence-corrected chi connectivity index (χ2v) is 7.34. The topological polar surface area (TPSA) is 58.3 Å². The number of aromatic nitrogens is 3. The van der Waals surface area contributed by atoms with E-state index in [0.29, 0.717) is 17.7 Å². The highest BCUT2D eigenvalue weighted by atomic mass is 32.2. The third-order valence-corrected chi connectivity index (χ3v) is 5.56. The molecule has 1 aliphatic heterocycles. The van der Waals surface area contributed by atoms with Gasteiger partial charge in [0.15, 0.2) is 11.8 Å².